The quantitative estimate of drug-likeness (QED) is 0.673. The molecule has 1 heterocycles. The van der Waals surface area contributed by atoms with E-state index in [1.165, 1.54) is 12.1 Å². The first-order valence-electron chi connectivity index (χ1n) is 9.35. The molecule has 1 aromatic heterocycles. The van der Waals surface area contributed by atoms with Crippen molar-refractivity contribution in [1.29, 1.82) is 0 Å². The Morgan fingerprint density at radius 2 is 2.00 bits per heavy atom. The zero-order valence-corrected chi connectivity index (χ0v) is 16.5. The molecule has 0 spiro atoms. The van der Waals surface area contributed by atoms with Crippen LogP contribution >= 0.6 is 11.6 Å². The van der Waals surface area contributed by atoms with Crippen LogP contribution in [0.5, 0.6) is 0 Å². The number of nitrogens with one attached hydrogen (secondary N) is 1. The van der Waals surface area contributed by atoms with Crippen molar-refractivity contribution in [2.45, 2.75) is 25.4 Å². The maximum Gasteiger partial charge on any atom is 0.227 e. The van der Waals surface area contributed by atoms with Crippen LogP contribution in [0.4, 0.5) is 10.1 Å². The van der Waals surface area contributed by atoms with Crippen LogP contribution in [0.2, 0.25) is 5.02 Å². The van der Waals surface area contributed by atoms with E-state index in [2.05, 4.69) is 5.32 Å². The Balaban J connectivity index is 1.64. The van der Waals surface area contributed by atoms with Crippen molar-refractivity contribution in [3.05, 3.63) is 64.6 Å². The second-order valence-corrected chi connectivity index (χ2v) is 7.83. The van der Waals surface area contributed by atoms with Gasteiger partial charge in [0.15, 0.2) is 0 Å². The molecule has 2 atom stereocenters. The lowest BCUT2D eigenvalue weighted by molar-refractivity contribution is -0.123. The Hall–Kier alpha value is -2.70. The van der Waals surface area contributed by atoms with Gasteiger partial charge in [0.2, 0.25) is 5.91 Å². The van der Waals surface area contributed by atoms with Gasteiger partial charge in [0.1, 0.15) is 11.6 Å². The third-order valence-electron chi connectivity index (χ3n) is 5.66. The molecule has 2 unspecified atom stereocenters. The summed E-state index contributed by atoms with van der Waals surface area (Å²) in [6.07, 6.45) is 0.432. The summed E-state index contributed by atoms with van der Waals surface area (Å²) < 4.78 is 15.7. The Labute approximate surface area is 172 Å². The van der Waals surface area contributed by atoms with Crippen LogP contribution in [0, 0.1) is 11.7 Å². The largest absolute Gasteiger partial charge is 0.390 e. The number of benzene rings is 2. The van der Waals surface area contributed by atoms with Gasteiger partial charge in [0.05, 0.1) is 6.61 Å². The number of hydrogen-bond donors (Lipinski definition) is 2. The van der Waals surface area contributed by atoms with Crippen molar-refractivity contribution in [3.8, 4) is 0 Å². The summed E-state index contributed by atoms with van der Waals surface area (Å²) in [6, 6.07) is 11.1. The number of ketones is 1. The Bertz CT molecular complexity index is 1110. The minimum absolute atomic E-state index is 0.0762. The summed E-state index contributed by atoms with van der Waals surface area (Å²) in [5.74, 6) is -1.76. The van der Waals surface area contributed by atoms with Gasteiger partial charge in [-0.3, -0.25) is 9.59 Å². The number of fused-ring (bicyclic) bond motifs is 1. The Kier molecular flexibility index (Phi) is 5.15. The molecule has 0 saturated heterocycles. The van der Waals surface area contributed by atoms with Crippen LogP contribution in [0.15, 0.2) is 42.5 Å². The molecule has 1 aliphatic rings. The maximum absolute atomic E-state index is 13.9. The van der Waals surface area contributed by atoms with Crippen molar-refractivity contribution in [1.82, 2.24) is 4.57 Å². The number of aromatic nitrogens is 1. The van der Waals surface area contributed by atoms with E-state index in [9.17, 15) is 19.1 Å². The van der Waals surface area contributed by atoms with Crippen molar-refractivity contribution >= 4 is 39.9 Å². The molecule has 2 N–H and O–H groups in total. The molecule has 1 aliphatic carbocycles. The van der Waals surface area contributed by atoms with Gasteiger partial charge in [-0.2, -0.15) is 0 Å². The van der Waals surface area contributed by atoms with Crippen molar-refractivity contribution < 1.29 is 19.1 Å². The van der Waals surface area contributed by atoms with E-state index in [1.54, 1.807) is 41.9 Å². The molecule has 3 aromatic rings. The molecule has 1 fully saturated rings. The summed E-state index contributed by atoms with van der Waals surface area (Å²) in [5, 5.41) is 13.9. The number of aliphatic hydroxyl groups excluding tert-OH is 1. The summed E-state index contributed by atoms with van der Waals surface area (Å²) >= 11 is 5.86. The van der Waals surface area contributed by atoms with Crippen molar-refractivity contribution in [2.24, 2.45) is 13.0 Å². The first kappa shape index (κ1) is 19.6. The number of aliphatic hydroxyl groups is 1. The number of rotatable bonds is 4. The predicted octanol–water partition coefficient (Wildman–Crippen LogP) is 4.16. The molecular formula is C22H20ClFN2O3. The number of hydrogen-bond acceptors (Lipinski definition) is 3. The molecule has 1 amide bonds. The van der Waals surface area contributed by atoms with Gasteiger partial charge < -0.3 is 15.0 Å². The van der Waals surface area contributed by atoms with E-state index < -0.39 is 17.7 Å². The average molecular weight is 415 g/mol. The molecule has 7 heteroatoms. The van der Waals surface area contributed by atoms with E-state index in [0.29, 0.717) is 33.8 Å². The third kappa shape index (κ3) is 3.54. The van der Waals surface area contributed by atoms with Crippen LogP contribution in [0.3, 0.4) is 0 Å². The number of halogens is 2. The monoisotopic (exact) mass is 414 g/mol. The number of amides is 1. The Morgan fingerprint density at radius 3 is 2.69 bits per heavy atom. The Morgan fingerprint density at radius 1 is 1.28 bits per heavy atom. The van der Waals surface area contributed by atoms with Gasteiger partial charge in [-0.05, 0) is 54.4 Å². The fraction of sp³-hybridized carbons (Fsp3) is 0.273. The molecule has 5 nitrogen and oxygen atoms in total. The molecule has 1 saturated carbocycles. The smallest absolute Gasteiger partial charge is 0.227 e. The number of anilines is 1. The lowest BCUT2D eigenvalue weighted by Crippen LogP contribution is -2.20. The zero-order chi connectivity index (χ0) is 20.7. The topological polar surface area (TPSA) is 71.3 Å². The van der Waals surface area contributed by atoms with E-state index >= 15 is 0 Å². The van der Waals surface area contributed by atoms with Crippen LogP contribution in [-0.4, -0.2) is 21.4 Å². The molecule has 0 radical (unpaired) electrons. The first-order valence-corrected chi connectivity index (χ1v) is 9.73. The second kappa shape index (κ2) is 7.61. The van der Waals surface area contributed by atoms with Crippen LogP contribution in [-0.2, 0) is 23.2 Å². The highest BCUT2D eigenvalue weighted by Gasteiger charge is 2.40. The molecule has 29 heavy (non-hydrogen) atoms. The van der Waals surface area contributed by atoms with Crippen molar-refractivity contribution in [3.63, 3.8) is 0 Å². The fourth-order valence-corrected chi connectivity index (χ4v) is 4.34. The number of Topliss-reactive ketones (excluding diaryl/α,β-unsaturated/α-hetero) is 1. The standard InChI is InChI=1S/C22H20ClFN2O3/c1-26-18-7-4-14(24)10-16(18)21(19(26)11-27)17-8-12(9-20(17)28)22(29)25-15-5-2-13(23)3-6-15/h2-7,10,12,17,27H,8-9,11H2,1H3,(H,25,29). The van der Waals surface area contributed by atoms with Gasteiger partial charge >= 0.3 is 0 Å². The first-order chi connectivity index (χ1) is 13.9. The highest BCUT2D eigenvalue weighted by Crippen LogP contribution is 2.42. The lowest BCUT2D eigenvalue weighted by atomic mass is 9.92. The minimum Gasteiger partial charge on any atom is -0.390 e. The zero-order valence-electron chi connectivity index (χ0n) is 15.8. The average Bonchev–Trinajstić information content (AvgIpc) is 3.20. The summed E-state index contributed by atoms with van der Waals surface area (Å²) in [6.45, 7) is -0.270. The van der Waals surface area contributed by atoms with E-state index in [1.807, 2.05) is 0 Å². The summed E-state index contributed by atoms with van der Waals surface area (Å²) in [7, 11) is 1.78. The van der Waals surface area contributed by atoms with Gasteiger partial charge in [-0.15, -0.1) is 0 Å². The SMILES string of the molecule is Cn1c(CO)c(C2CC(C(=O)Nc3ccc(Cl)cc3)CC2=O)c2cc(F)ccc21. The molecular weight excluding hydrogens is 395 g/mol. The second-order valence-electron chi connectivity index (χ2n) is 7.39. The number of nitrogens with zero attached hydrogens (tertiary/aromatic N) is 1. The van der Waals surface area contributed by atoms with Gasteiger partial charge in [0, 0.05) is 52.6 Å². The summed E-state index contributed by atoms with van der Waals surface area (Å²) in [5.41, 5.74) is 2.55. The summed E-state index contributed by atoms with van der Waals surface area (Å²) in [4.78, 5) is 25.5. The van der Waals surface area contributed by atoms with Gasteiger partial charge in [-0.1, -0.05) is 11.6 Å². The predicted molar refractivity (Wildman–Crippen MR) is 109 cm³/mol. The van der Waals surface area contributed by atoms with E-state index in [0.717, 1.165) is 5.52 Å². The van der Waals surface area contributed by atoms with Crippen LogP contribution in [0.25, 0.3) is 10.9 Å². The fourth-order valence-electron chi connectivity index (χ4n) is 4.22. The van der Waals surface area contributed by atoms with Crippen molar-refractivity contribution in [2.75, 3.05) is 5.32 Å². The van der Waals surface area contributed by atoms with E-state index in [4.69, 9.17) is 11.6 Å². The molecule has 150 valence electrons. The number of carbonyl (C=O) groups excluding carboxylic acids is 2. The number of aryl methyl sites for hydroxylation is 1. The van der Waals surface area contributed by atoms with Gasteiger partial charge in [0.25, 0.3) is 0 Å². The highest BCUT2D eigenvalue weighted by atomic mass is 35.5. The molecule has 0 aliphatic heterocycles. The maximum atomic E-state index is 13.9. The molecule has 2 aromatic carbocycles. The van der Waals surface area contributed by atoms with E-state index in [-0.39, 0.29) is 24.7 Å². The lowest BCUT2D eigenvalue weighted by Gasteiger charge is -2.13. The third-order valence-corrected chi connectivity index (χ3v) is 5.92. The molecule has 0 bridgehead atoms. The van der Waals surface area contributed by atoms with Crippen LogP contribution < -0.4 is 5.32 Å². The molecule has 4 rings (SSSR count). The van der Waals surface area contributed by atoms with Crippen LogP contribution in [0.1, 0.15) is 30.0 Å². The number of carbonyl (C=O) groups is 2. The normalized spacial score (nSPS) is 19.1. The minimum atomic E-state index is -0.552. The van der Waals surface area contributed by atoms with Gasteiger partial charge in [-0.25, -0.2) is 4.39 Å². The highest BCUT2D eigenvalue weighted by molar-refractivity contribution is 6.30.